The molecule has 9 heteroatoms. The molecule has 0 radical (unpaired) electrons. The van der Waals surface area contributed by atoms with Crippen LogP contribution in [0.1, 0.15) is 26.4 Å². The van der Waals surface area contributed by atoms with Gasteiger partial charge in [0.1, 0.15) is 5.69 Å². The Balaban J connectivity index is 1.51. The average molecular weight is 450 g/mol. The molecule has 0 unspecified atom stereocenters. The van der Waals surface area contributed by atoms with Gasteiger partial charge in [-0.1, -0.05) is 41.9 Å². The molecule has 0 bridgehead atoms. The van der Waals surface area contributed by atoms with Gasteiger partial charge in [-0.2, -0.15) is 13.2 Å². The van der Waals surface area contributed by atoms with Gasteiger partial charge >= 0.3 is 6.18 Å². The minimum absolute atomic E-state index is 0.137. The molecule has 31 heavy (non-hydrogen) atoms. The van der Waals surface area contributed by atoms with Crippen LogP contribution in [0.5, 0.6) is 0 Å². The molecule has 0 saturated carbocycles. The van der Waals surface area contributed by atoms with Gasteiger partial charge in [-0.3, -0.25) is 9.59 Å². The number of aryl methyl sites for hydroxylation is 1. The number of amides is 2. The first-order chi connectivity index (χ1) is 14.7. The summed E-state index contributed by atoms with van der Waals surface area (Å²) in [5.74, 6) is -0.964. The molecule has 2 aromatic carbocycles. The third-order valence-corrected chi connectivity index (χ3v) is 5.95. The number of carbonyl (C=O) groups excluding carboxylic acids is 2. The van der Waals surface area contributed by atoms with Gasteiger partial charge in [0.2, 0.25) is 0 Å². The third kappa shape index (κ3) is 3.76. The summed E-state index contributed by atoms with van der Waals surface area (Å²) in [6.45, 7) is 0.684. The highest BCUT2D eigenvalue weighted by Gasteiger charge is 2.37. The number of aromatic nitrogens is 1. The molecule has 4 rings (SSSR count). The molecule has 1 aliphatic rings. The van der Waals surface area contributed by atoms with Gasteiger partial charge in [0.15, 0.2) is 0 Å². The lowest BCUT2D eigenvalue weighted by molar-refractivity contribution is -0.138. The fraction of sp³-hybridized carbons (Fsp3) is 0.273. The molecule has 1 saturated heterocycles. The number of alkyl halides is 3. The fourth-order valence-electron chi connectivity index (χ4n) is 3.93. The highest BCUT2D eigenvalue weighted by molar-refractivity contribution is 6.38. The Morgan fingerprint density at radius 2 is 1.42 bits per heavy atom. The lowest BCUT2D eigenvalue weighted by Gasteiger charge is -2.35. The molecule has 0 aliphatic carbocycles. The van der Waals surface area contributed by atoms with E-state index in [2.05, 4.69) is 0 Å². The number of para-hydroxylation sites is 1. The number of piperazine rings is 1. The third-order valence-electron chi connectivity index (χ3n) is 5.56. The summed E-state index contributed by atoms with van der Waals surface area (Å²) in [6, 6.07) is 12.1. The van der Waals surface area contributed by atoms with Crippen molar-refractivity contribution in [3.8, 4) is 0 Å². The van der Waals surface area contributed by atoms with E-state index in [1.807, 2.05) is 24.3 Å². The molecule has 0 N–H and O–H groups in total. The lowest BCUT2D eigenvalue weighted by Crippen LogP contribution is -2.51. The summed E-state index contributed by atoms with van der Waals surface area (Å²) < 4.78 is 41.5. The number of fused-ring (bicyclic) bond motifs is 1. The Hall–Kier alpha value is -3.00. The van der Waals surface area contributed by atoms with Crippen molar-refractivity contribution in [2.75, 3.05) is 26.2 Å². The van der Waals surface area contributed by atoms with Crippen LogP contribution in [-0.2, 0) is 13.2 Å². The van der Waals surface area contributed by atoms with Crippen LogP contribution in [0.25, 0.3) is 10.9 Å². The van der Waals surface area contributed by atoms with Crippen molar-refractivity contribution in [2.45, 2.75) is 6.18 Å². The lowest BCUT2D eigenvalue weighted by atomic mass is 10.1. The molecule has 5 nitrogen and oxygen atoms in total. The summed E-state index contributed by atoms with van der Waals surface area (Å²) in [5, 5.41) is 1.13. The number of hydrogen-bond donors (Lipinski definition) is 0. The summed E-state index contributed by atoms with van der Waals surface area (Å²) >= 11 is 6.46. The first-order valence-electron chi connectivity index (χ1n) is 9.68. The minimum atomic E-state index is -4.62. The zero-order valence-electron chi connectivity index (χ0n) is 16.6. The molecule has 2 amide bonds. The number of nitrogens with zero attached hydrogens (tertiary/aromatic N) is 3. The van der Waals surface area contributed by atoms with Gasteiger partial charge in [0, 0.05) is 44.1 Å². The van der Waals surface area contributed by atoms with Crippen LogP contribution >= 0.6 is 11.6 Å². The second-order valence-corrected chi connectivity index (χ2v) is 7.74. The van der Waals surface area contributed by atoms with E-state index in [1.54, 1.807) is 16.5 Å². The number of hydrogen-bond acceptors (Lipinski definition) is 2. The van der Waals surface area contributed by atoms with Crippen LogP contribution in [0.3, 0.4) is 0 Å². The molecule has 1 aromatic heterocycles. The predicted molar refractivity (Wildman–Crippen MR) is 111 cm³/mol. The first kappa shape index (κ1) is 21.2. The molecule has 162 valence electrons. The van der Waals surface area contributed by atoms with E-state index >= 15 is 0 Å². The summed E-state index contributed by atoms with van der Waals surface area (Å²) in [7, 11) is 1.76. The maximum absolute atomic E-state index is 13.3. The van der Waals surface area contributed by atoms with E-state index in [0.29, 0.717) is 10.7 Å². The average Bonchev–Trinajstić information content (AvgIpc) is 3.02. The van der Waals surface area contributed by atoms with Crippen molar-refractivity contribution in [2.24, 2.45) is 7.05 Å². The van der Waals surface area contributed by atoms with Crippen molar-refractivity contribution in [3.63, 3.8) is 0 Å². The number of carbonyl (C=O) groups is 2. The first-order valence-corrected chi connectivity index (χ1v) is 10.1. The van der Waals surface area contributed by atoms with Crippen molar-refractivity contribution < 1.29 is 22.8 Å². The SMILES string of the molecule is Cn1c(C(=O)N2CCN(C(=O)c3ccccc3C(F)(F)F)CC2)c(Cl)c2ccccc21. The van der Waals surface area contributed by atoms with Gasteiger partial charge in [-0.25, -0.2) is 0 Å². The summed E-state index contributed by atoms with van der Waals surface area (Å²) in [6.07, 6.45) is -4.62. The van der Waals surface area contributed by atoms with Crippen LogP contribution in [0.4, 0.5) is 13.2 Å². The van der Waals surface area contributed by atoms with Crippen LogP contribution in [0, 0.1) is 0 Å². The molecule has 0 atom stereocenters. The Labute approximate surface area is 181 Å². The predicted octanol–water partition coefficient (Wildman–Crippen LogP) is 4.45. The van der Waals surface area contributed by atoms with Crippen molar-refractivity contribution in [3.05, 3.63) is 70.4 Å². The zero-order valence-corrected chi connectivity index (χ0v) is 17.4. The zero-order chi connectivity index (χ0) is 22.3. The second kappa shape index (κ2) is 7.92. The Bertz CT molecular complexity index is 1130. The molecular formula is C22H19ClF3N3O2. The van der Waals surface area contributed by atoms with E-state index in [0.717, 1.165) is 17.0 Å². The highest BCUT2D eigenvalue weighted by atomic mass is 35.5. The minimum Gasteiger partial charge on any atom is -0.338 e. The van der Waals surface area contributed by atoms with E-state index < -0.39 is 17.6 Å². The molecule has 1 fully saturated rings. The van der Waals surface area contributed by atoms with Gasteiger partial charge < -0.3 is 14.4 Å². The topological polar surface area (TPSA) is 45.6 Å². The monoisotopic (exact) mass is 449 g/mol. The summed E-state index contributed by atoms with van der Waals surface area (Å²) in [4.78, 5) is 28.8. The largest absolute Gasteiger partial charge is 0.417 e. The van der Waals surface area contributed by atoms with Gasteiger partial charge in [0.25, 0.3) is 11.8 Å². The Morgan fingerprint density at radius 3 is 2.03 bits per heavy atom. The van der Waals surface area contributed by atoms with Gasteiger partial charge in [-0.15, -0.1) is 0 Å². The van der Waals surface area contributed by atoms with Crippen LogP contribution in [0.2, 0.25) is 5.02 Å². The van der Waals surface area contributed by atoms with Crippen molar-refractivity contribution in [1.29, 1.82) is 0 Å². The maximum Gasteiger partial charge on any atom is 0.417 e. The van der Waals surface area contributed by atoms with Crippen molar-refractivity contribution in [1.82, 2.24) is 14.4 Å². The Morgan fingerprint density at radius 1 is 0.871 bits per heavy atom. The summed E-state index contributed by atoms with van der Waals surface area (Å²) in [5.41, 5.74) is -0.161. The van der Waals surface area contributed by atoms with Crippen LogP contribution < -0.4 is 0 Å². The van der Waals surface area contributed by atoms with E-state index in [-0.39, 0.29) is 37.6 Å². The molecule has 0 spiro atoms. The molecular weight excluding hydrogens is 431 g/mol. The number of benzene rings is 2. The standard InChI is InChI=1S/C22H19ClF3N3O2/c1-27-17-9-5-3-7-15(17)18(23)19(27)21(31)29-12-10-28(11-13-29)20(30)14-6-2-4-8-16(14)22(24,25)26/h2-9H,10-13H2,1H3. The quantitative estimate of drug-likeness (QED) is 0.580. The van der Waals surface area contributed by atoms with Gasteiger partial charge in [-0.05, 0) is 18.2 Å². The van der Waals surface area contributed by atoms with E-state index in [9.17, 15) is 22.8 Å². The number of rotatable bonds is 2. The second-order valence-electron chi connectivity index (χ2n) is 7.37. The van der Waals surface area contributed by atoms with E-state index in [4.69, 9.17) is 11.6 Å². The van der Waals surface area contributed by atoms with Crippen LogP contribution in [-0.4, -0.2) is 52.4 Å². The maximum atomic E-state index is 13.3. The smallest absolute Gasteiger partial charge is 0.338 e. The van der Waals surface area contributed by atoms with E-state index in [1.165, 1.54) is 23.1 Å². The normalized spacial score (nSPS) is 14.9. The van der Waals surface area contributed by atoms with Crippen LogP contribution in [0.15, 0.2) is 48.5 Å². The molecule has 1 aliphatic heterocycles. The van der Waals surface area contributed by atoms with Crippen molar-refractivity contribution >= 4 is 34.3 Å². The molecule has 2 heterocycles. The number of halogens is 4. The fourth-order valence-corrected chi connectivity index (χ4v) is 4.30. The Kier molecular flexibility index (Phi) is 5.43. The molecule has 3 aromatic rings. The highest BCUT2D eigenvalue weighted by Crippen LogP contribution is 2.33. The van der Waals surface area contributed by atoms with Gasteiger partial charge in [0.05, 0.1) is 16.1 Å².